The van der Waals surface area contributed by atoms with E-state index in [1.807, 2.05) is 0 Å². The molecule has 5 atom stereocenters. The predicted molar refractivity (Wildman–Crippen MR) is 147 cm³/mol. The third-order valence-corrected chi connectivity index (χ3v) is 8.31. The summed E-state index contributed by atoms with van der Waals surface area (Å²) in [6.45, 7) is 2.02. The highest BCUT2D eigenvalue weighted by Crippen LogP contribution is 2.53. The van der Waals surface area contributed by atoms with Crippen LogP contribution in [0.1, 0.15) is 42.7 Å². The topological polar surface area (TPSA) is 220 Å². The molecular formula is C30H32N2O10. The summed E-state index contributed by atoms with van der Waals surface area (Å²) in [5, 5.41) is 67.4. The second-order valence-electron chi connectivity index (χ2n) is 10.7. The van der Waals surface area contributed by atoms with Gasteiger partial charge in [0.05, 0.1) is 5.56 Å². The molecule has 0 heterocycles. The molecule has 2 aromatic carbocycles. The number of aliphatic hydroxyl groups is 5. The maximum absolute atomic E-state index is 13.7. The number of carbonyl (C=O) groups is 3. The van der Waals surface area contributed by atoms with Gasteiger partial charge >= 0.3 is 0 Å². The number of primary amides is 1. The van der Waals surface area contributed by atoms with Crippen molar-refractivity contribution in [1.82, 2.24) is 5.32 Å². The lowest BCUT2D eigenvalue weighted by atomic mass is 9.59. The molecule has 12 heteroatoms. The molecule has 3 aliphatic carbocycles. The maximum atomic E-state index is 13.7. The summed E-state index contributed by atoms with van der Waals surface area (Å²) in [5.41, 5.74) is 3.72. The van der Waals surface area contributed by atoms with Gasteiger partial charge in [0.1, 0.15) is 29.1 Å². The Labute approximate surface area is 240 Å². The van der Waals surface area contributed by atoms with Crippen LogP contribution in [0, 0.1) is 11.8 Å². The number of nitrogens with one attached hydrogen (secondary N) is 1. The number of hydrogen-bond donors (Lipinski definition) is 8. The highest BCUT2D eigenvalue weighted by molar-refractivity contribution is 6.22. The first kappa shape index (κ1) is 29.4. The molecule has 2 aromatic rings. The fourth-order valence-corrected chi connectivity index (χ4v) is 6.35. The van der Waals surface area contributed by atoms with Crippen LogP contribution in [0.4, 0.5) is 0 Å². The van der Waals surface area contributed by atoms with Crippen molar-refractivity contribution < 1.29 is 49.8 Å². The Hall–Kier alpha value is -4.07. The average molecular weight is 581 g/mol. The molecule has 222 valence electrons. The van der Waals surface area contributed by atoms with Gasteiger partial charge in [0.2, 0.25) is 5.78 Å². The number of ketones is 2. The van der Waals surface area contributed by atoms with Gasteiger partial charge in [0, 0.05) is 31.1 Å². The first-order valence-electron chi connectivity index (χ1n) is 13.5. The molecule has 2 unspecified atom stereocenters. The number of nitrogens with two attached hydrogens (primary N) is 1. The minimum absolute atomic E-state index is 0.0167. The average Bonchev–Trinajstić information content (AvgIpc) is 2.94. The number of fused-ring (bicyclic) bond motifs is 3. The van der Waals surface area contributed by atoms with E-state index in [9.17, 15) is 45.0 Å². The molecule has 3 aliphatic rings. The SMILES string of the molecule is CCOC(O)CNC(O)c1cccc(-c2ccc(O)c3c2C[C@H]2C[C@H]4CC(=O)C(C(N)=O)=C(O)[C@@]4(O)C(=O)C2=C3O)c1. The summed E-state index contributed by atoms with van der Waals surface area (Å²) in [4.78, 5) is 38.1. The number of amides is 1. The number of aliphatic hydroxyl groups excluding tert-OH is 4. The van der Waals surface area contributed by atoms with Gasteiger partial charge in [-0.25, -0.2) is 0 Å². The molecular weight excluding hydrogens is 548 g/mol. The fraction of sp³-hybridized carbons (Fsp3) is 0.367. The quantitative estimate of drug-likeness (QED) is 0.163. The number of Topliss-reactive ketones (excluding diaryl/α,β-unsaturated/α-hetero) is 2. The van der Waals surface area contributed by atoms with Crippen molar-refractivity contribution in [2.45, 2.75) is 44.3 Å². The van der Waals surface area contributed by atoms with E-state index in [0.717, 1.165) is 0 Å². The molecule has 5 rings (SSSR count). The Kier molecular flexibility index (Phi) is 7.68. The minimum atomic E-state index is -2.63. The first-order valence-corrected chi connectivity index (χ1v) is 13.5. The van der Waals surface area contributed by atoms with Crippen molar-refractivity contribution in [3.63, 3.8) is 0 Å². The lowest BCUT2D eigenvalue weighted by Gasteiger charge is -2.46. The first-order chi connectivity index (χ1) is 19.9. The molecule has 42 heavy (non-hydrogen) atoms. The Morgan fingerprint density at radius 1 is 1.14 bits per heavy atom. The molecule has 0 bridgehead atoms. The van der Waals surface area contributed by atoms with Gasteiger partial charge in [-0.15, -0.1) is 0 Å². The molecule has 12 nitrogen and oxygen atoms in total. The number of hydrogen-bond acceptors (Lipinski definition) is 11. The van der Waals surface area contributed by atoms with E-state index in [1.54, 1.807) is 37.3 Å². The highest BCUT2D eigenvalue weighted by Gasteiger charge is 2.60. The standard InChI is InChI=1S/C30H32N2O10/c1-2-42-21(35)12-32-29(40)14-5-3-4-13(8-14)17-6-7-19(33)23-18(17)10-15-9-16-11-20(34)24(28(31)39)27(38)30(16,41)26(37)22(15)25(23)36/h3-8,15-16,21,29,32-33,35-36,38,40-41H,2,9-12H2,1H3,(H2,31,39)/t15-,16+,21?,29?,30+/m1/s1. The van der Waals surface area contributed by atoms with Crippen LogP contribution < -0.4 is 11.1 Å². The summed E-state index contributed by atoms with van der Waals surface area (Å²) in [6.07, 6.45) is -2.49. The molecule has 1 fully saturated rings. The maximum Gasteiger partial charge on any atom is 0.255 e. The van der Waals surface area contributed by atoms with E-state index in [-0.39, 0.29) is 36.3 Å². The summed E-state index contributed by atoms with van der Waals surface area (Å²) < 4.78 is 5.06. The lowest BCUT2D eigenvalue weighted by Crippen LogP contribution is -2.58. The van der Waals surface area contributed by atoms with Crippen molar-refractivity contribution in [2.75, 3.05) is 13.2 Å². The van der Waals surface area contributed by atoms with Gasteiger partial charge in [0.25, 0.3) is 5.91 Å². The van der Waals surface area contributed by atoms with E-state index in [4.69, 9.17) is 10.5 Å². The molecule has 0 saturated heterocycles. The van der Waals surface area contributed by atoms with Crippen LogP contribution in [0.25, 0.3) is 16.9 Å². The molecule has 0 aromatic heterocycles. The number of rotatable bonds is 8. The molecule has 1 saturated carbocycles. The van der Waals surface area contributed by atoms with E-state index in [1.165, 1.54) is 6.07 Å². The second-order valence-corrected chi connectivity index (χ2v) is 10.7. The molecule has 1 amide bonds. The zero-order valence-corrected chi connectivity index (χ0v) is 22.7. The van der Waals surface area contributed by atoms with Crippen LogP contribution in [-0.4, -0.2) is 73.2 Å². The van der Waals surface area contributed by atoms with Crippen LogP contribution in [0.5, 0.6) is 5.75 Å². The number of benzene rings is 2. The van der Waals surface area contributed by atoms with Crippen molar-refractivity contribution in [3.05, 3.63) is 70.0 Å². The van der Waals surface area contributed by atoms with Crippen molar-refractivity contribution in [1.29, 1.82) is 0 Å². The van der Waals surface area contributed by atoms with Crippen molar-refractivity contribution in [2.24, 2.45) is 17.6 Å². The van der Waals surface area contributed by atoms with Crippen LogP contribution in [-0.2, 0) is 25.5 Å². The zero-order chi connectivity index (χ0) is 30.5. The van der Waals surface area contributed by atoms with Crippen LogP contribution >= 0.6 is 0 Å². The minimum Gasteiger partial charge on any atom is -0.508 e. The zero-order valence-electron chi connectivity index (χ0n) is 22.7. The van der Waals surface area contributed by atoms with Gasteiger partial charge in [0.15, 0.2) is 17.7 Å². The molecule has 0 spiro atoms. The smallest absolute Gasteiger partial charge is 0.255 e. The number of phenols is 1. The summed E-state index contributed by atoms with van der Waals surface area (Å²) in [6, 6.07) is 9.85. The predicted octanol–water partition coefficient (Wildman–Crippen LogP) is 1.03. The molecule has 9 N–H and O–H groups in total. The van der Waals surface area contributed by atoms with Gasteiger partial charge in [-0.2, -0.15) is 0 Å². The van der Waals surface area contributed by atoms with Gasteiger partial charge in [-0.3, -0.25) is 19.7 Å². The number of aromatic hydroxyl groups is 1. The van der Waals surface area contributed by atoms with Crippen LogP contribution in [0.3, 0.4) is 0 Å². The van der Waals surface area contributed by atoms with Gasteiger partial charge in [-0.05, 0) is 60.1 Å². The Bertz CT molecular complexity index is 1550. The van der Waals surface area contributed by atoms with Gasteiger partial charge < -0.3 is 41.1 Å². The highest BCUT2D eigenvalue weighted by atomic mass is 16.6. The van der Waals surface area contributed by atoms with Crippen molar-refractivity contribution in [3.8, 4) is 16.9 Å². The summed E-state index contributed by atoms with van der Waals surface area (Å²) >= 11 is 0. The number of carbonyl (C=O) groups excluding carboxylic acids is 3. The number of ether oxygens (including phenoxy) is 1. The van der Waals surface area contributed by atoms with Gasteiger partial charge in [-0.1, -0.05) is 24.3 Å². The van der Waals surface area contributed by atoms with E-state index >= 15 is 0 Å². The molecule has 0 aliphatic heterocycles. The normalized spacial score (nSPS) is 25.0. The molecule has 0 radical (unpaired) electrons. The summed E-state index contributed by atoms with van der Waals surface area (Å²) in [5.74, 6) is -6.90. The Morgan fingerprint density at radius 3 is 2.57 bits per heavy atom. The Balaban J connectivity index is 1.55. The largest absolute Gasteiger partial charge is 0.508 e. The summed E-state index contributed by atoms with van der Waals surface area (Å²) in [7, 11) is 0. The van der Waals surface area contributed by atoms with Crippen LogP contribution in [0.15, 0.2) is 53.3 Å². The van der Waals surface area contributed by atoms with E-state index in [2.05, 4.69) is 5.32 Å². The number of phenolic OH excluding ortho intramolecular Hbond substituents is 1. The third-order valence-electron chi connectivity index (χ3n) is 8.31. The monoisotopic (exact) mass is 580 g/mol. The van der Waals surface area contributed by atoms with E-state index in [0.29, 0.717) is 28.9 Å². The Morgan fingerprint density at radius 2 is 1.88 bits per heavy atom. The van der Waals surface area contributed by atoms with Crippen molar-refractivity contribution >= 4 is 23.2 Å². The third kappa shape index (κ3) is 4.67. The van der Waals surface area contributed by atoms with E-state index < -0.39 is 70.9 Å². The second kappa shape index (κ2) is 11.0. The lowest BCUT2D eigenvalue weighted by molar-refractivity contribution is -0.147. The van der Waals surface area contributed by atoms with Crippen LogP contribution in [0.2, 0.25) is 0 Å². The fourth-order valence-electron chi connectivity index (χ4n) is 6.35.